The van der Waals surface area contributed by atoms with Crippen LogP contribution in [-0.2, 0) is 35.2 Å². The number of aliphatic imine (C=N–C) groups is 1. The summed E-state index contributed by atoms with van der Waals surface area (Å²) >= 11 is 2.19. The van der Waals surface area contributed by atoms with Crippen molar-refractivity contribution in [2.75, 3.05) is 17.2 Å². The highest BCUT2D eigenvalue weighted by Crippen LogP contribution is 2.28. The summed E-state index contributed by atoms with van der Waals surface area (Å²) in [5.41, 5.74) is 7.01. The topological polar surface area (TPSA) is 251 Å². The minimum atomic E-state index is -1.40. The number of unbranched alkanes of at least 4 members (excludes halogenated alkanes) is 1. The summed E-state index contributed by atoms with van der Waals surface area (Å²) in [7, 11) is 0. The van der Waals surface area contributed by atoms with Gasteiger partial charge in [0.05, 0.1) is 6.42 Å². The summed E-state index contributed by atoms with van der Waals surface area (Å²) < 4.78 is 1.04. The van der Waals surface area contributed by atoms with Crippen molar-refractivity contribution in [1.82, 2.24) is 20.9 Å². The number of aromatic nitrogens is 1. The Morgan fingerprint density at radius 1 is 1.00 bits per heavy atom. The number of carbonyl (C=O) groups excluding carboxylic acids is 6. The fourth-order valence-corrected chi connectivity index (χ4v) is 6.88. The number of anilines is 2. The van der Waals surface area contributed by atoms with E-state index in [1.54, 1.807) is 54.9 Å². The number of hydrogen-bond donors (Lipinski definition) is 7. The number of amides is 7. The highest BCUT2D eigenvalue weighted by Gasteiger charge is 2.40. The molecule has 17 heteroatoms. The van der Waals surface area contributed by atoms with Crippen molar-refractivity contribution in [3.63, 3.8) is 0 Å². The van der Waals surface area contributed by atoms with Crippen LogP contribution in [0.1, 0.15) is 74.5 Å². The lowest BCUT2D eigenvalue weighted by molar-refractivity contribution is -0.135. The Balaban J connectivity index is 1.46. The van der Waals surface area contributed by atoms with Crippen LogP contribution in [0.25, 0.3) is 6.08 Å². The van der Waals surface area contributed by atoms with Gasteiger partial charge in [-0.2, -0.15) is 4.99 Å². The Morgan fingerprint density at radius 3 is 2.42 bits per heavy atom. The lowest BCUT2D eigenvalue weighted by atomic mass is 9.81. The van der Waals surface area contributed by atoms with Gasteiger partial charge < -0.3 is 37.4 Å². The molecule has 7 amide bonds. The van der Waals surface area contributed by atoms with Crippen molar-refractivity contribution in [3.8, 4) is 11.8 Å². The van der Waals surface area contributed by atoms with Gasteiger partial charge in [0.1, 0.15) is 18.0 Å². The average Bonchev–Trinajstić information content (AvgIpc) is 3.21. The minimum Gasteiger partial charge on any atom is -0.481 e. The van der Waals surface area contributed by atoms with Gasteiger partial charge in [-0.25, -0.2) is 4.79 Å². The number of aryl methyl sites for hydroxylation is 1. The molecule has 8 N–H and O–H groups in total. The second-order valence-corrected chi connectivity index (χ2v) is 15.3. The quantitative estimate of drug-likeness (QED) is 0.0332. The van der Waals surface area contributed by atoms with E-state index in [2.05, 4.69) is 71.0 Å². The van der Waals surface area contributed by atoms with E-state index in [1.807, 2.05) is 25.1 Å². The molecule has 314 valence electrons. The van der Waals surface area contributed by atoms with Crippen molar-refractivity contribution in [2.45, 2.75) is 82.7 Å². The number of carboxylic acid groups (broad SMARTS) is 1. The van der Waals surface area contributed by atoms with E-state index in [0.717, 1.165) is 21.1 Å². The minimum absolute atomic E-state index is 0.0517. The molecule has 1 saturated carbocycles. The first-order valence-electron chi connectivity index (χ1n) is 19.3. The first-order valence-corrected chi connectivity index (χ1v) is 20.3. The predicted octanol–water partition coefficient (Wildman–Crippen LogP) is 4.42. The van der Waals surface area contributed by atoms with Crippen LogP contribution in [0.15, 0.2) is 78.1 Å². The monoisotopic (exact) mass is 930 g/mol. The van der Waals surface area contributed by atoms with Gasteiger partial charge in [0.15, 0.2) is 5.71 Å². The molecule has 1 fully saturated rings. The van der Waals surface area contributed by atoms with Gasteiger partial charge in [0.2, 0.25) is 17.7 Å². The number of primary amides is 1. The van der Waals surface area contributed by atoms with E-state index in [0.29, 0.717) is 42.6 Å². The second-order valence-electron chi connectivity index (χ2n) is 14.1. The number of nitrogens with two attached hydrogens (primary N) is 1. The summed E-state index contributed by atoms with van der Waals surface area (Å²) in [6.45, 7) is 2.14. The molecule has 3 aromatic rings. The maximum atomic E-state index is 13.8. The van der Waals surface area contributed by atoms with Gasteiger partial charge in [-0.1, -0.05) is 43.4 Å². The van der Waals surface area contributed by atoms with Crippen LogP contribution < -0.4 is 32.3 Å². The number of halogens is 1. The zero-order chi connectivity index (χ0) is 43.5. The molecule has 0 radical (unpaired) electrons. The fraction of sp³-hybridized carbons (Fsp3) is 0.326. The van der Waals surface area contributed by atoms with Crippen LogP contribution in [0, 0.1) is 22.3 Å². The van der Waals surface area contributed by atoms with E-state index in [-0.39, 0.29) is 38.1 Å². The van der Waals surface area contributed by atoms with Gasteiger partial charge in [0.25, 0.3) is 11.8 Å². The molecular formula is C43H47IN8O8. The molecule has 0 aliphatic heterocycles. The first kappa shape index (κ1) is 46.3. The van der Waals surface area contributed by atoms with E-state index < -0.39 is 59.3 Å². The molecule has 1 aliphatic rings. The van der Waals surface area contributed by atoms with Crippen LogP contribution in [0.3, 0.4) is 0 Å². The molecule has 4 rings (SSSR count). The number of rotatable bonds is 17. The van der Waals surface area contributed by atoms with Crippen molar-refractivity contribution in [1.29, 1.82) is 0 Å². The zero-order valence-corrected chi connectivity index (χ0v) is 35.2. The van der Waals surface area contributed by atoms with Crippen molar-refractivity contribution in [3.05, 3.63) is 93.3 Å². The number of carbonyl (C=O) groups is 7. The number of pyridine rings is 1. The number of aliphatic carboxylic acids is 1. The third-order valence-electron chi connectivity index (χ3n) is 9.39. The highest BCUT2D eigenvalue weighted by atomic mass is 127. The average molecular weight is 931 g/mol. The molecule has 60 heavy (non-hydrogen) atoms. The Bertz CT molecular complexity index is 2180. The predicted molar refractivity (Wildman–Crippen MR) is 234 cm³/mol. The highest BCUT2D eigenvalue weighted by molar-refractivity contribution is 14.1. The second kappa shape index (κ2) is 23.2. The zero-order valence-electron chi connectivity index (χ0n) is 33.0. The number of benzene rings is 2. The maximum absolute atomic E-state index is 13.8. The first-order chi connectivity index (χ1) is 28.7. The van der Waals surface area contributed by atoms with Crippen LogP contribution in [0.2, 0.25) is 0 Å². The molecule has 0 spiro atoms. The third-order valence-corrected chi connectivity index (χ3v) is 10.1. The van der Waals surface area contributed by atoms with E-state index in [1.165, 1.54) is 6.08 Å². The molecular weight excluding hydrogens is 883 g/mol. The molecule has 1 aromatic heterocycles. The molecule has 16 nitrogen and oxygen atoms in total. The summed E-state index contributed by atoms with van der Waals surface area (Å²) in [5.74, 6) is -0.177. The van der Waals surface area contributed by atoms with Gasteiger partial charge >= 0.3 is 12.0 Å². The fourth-order valence-electron chi connectivity index (χ4n) is 6.23. The Kier molecular flexibility index (Phi) is 17.9. The lowest BCUT2D eigenvalue weighted by Gasteiger charge is -2.34. The molecule has 0 bridgehead atoms. The largest absolute Gasteiger partial charge is 0.481 e. The number of urea groups is 1. The maximum Gasteiger partial charge on any atom is 0.323 e. The summed E-state index contributed by atoms with van der Waals surface area (Å²) in [4.78, 5) is 97.3. The SMILES string of the molecule is Cc1cc(I)ccc1NC(=O)Nc1ccc(CC(=O)N[C@@H](CCCCNC(=O)/C=C/c2cccnc2)C(=O)N=C(C#CCC(=O)O)C(=O)NC2(C(N)=O)CCCCC2)cc1. The van der Waals surface area contributed by atoms with Gasteiger partial charge in [-0.15, -0.1) is 0 Å². The van der Waals surface area contributed by atoms with Gasteiger partial charge in [-0.3, -0.25) is 33.8 Å². The number of hydrogen-bond acceptors (Lipinski definition) is 8. The van der Waals surface area contributed by atoms with Crippen LogP contribution >= 0.6 is 22.6 Å². The molecule has 2 aromatic carbocycles. The normalized spacial score (nSPS) is 13.8. The Labute approximate surface area is 361 Å². The van der Waals surface area contributed by atoms with Crippen molar-refractivity contribution < 1.29 is 38.7 Å². The number of carboxylic acids is 1. The van der Waals surface area contributed by atoms with Crippen LogP contribution in [0.4, 0.5) is 16.2 Å². The van der Waals surface area contributed by atoms with Gasteiger partial charge in [0, 0.05) is 40.0 Å². The summed E-state index contributed by atoms with van der Waals surface area (Å²) in [6, 6.07) is 14.0. The smallest absolute Gasteiger partial charge is 0.323 e. The molecule has 1 heterocycles. The van der Waals surface area contributed by atoms with Crippen LogP contribution in [0.5, 0.6) is 0 Å². The Hall–Kier alpha value is -6.42. The van der Waals surface area contributed by atoms with Crippen molar-refractivity contribution in [2.24, 2.45) is 10.7 Å². The molecule has 0 unspecified atom stereocenters. The number of nitrogens with zero attached hydrogens (tertiary/aromatic N) is 2. The molecule has 1 atom stereocenters. The van der Waals surface area contributed by atoms with Crippen LogP contribution in [-0.4, -0.2) is 75.5 Å². The van der Waals surface area contributed by atoms with E-state index in [9.17, 15) is 33.6 Å². The number of nitrogens with one attached hydrogen (secondary N) is 5. The molecule has 1 aliphatic carbocycles. The van der Waals surface area contributed by atoms with Gasteiger partial charge in [-0.05, 0) is 127 Å². The Morgan fingerprint density at radius 2 is 1.75 bits per heavy atom. The van der Waals surface area contributed by atoms with Crippen molar-refractivity contribution >= 4 is 87.3 Å². The van der Waals surface area contributed by atoms with E-state index in [4.69, 9.17) is 10.8 Å². The standard InChI is InChI=1S/C43H47IN8O8/c1-28-25-31(44)16-19-33(28)51-42(60)48-32-17-13-29(14-18-32)26-37(54)49-34(10-3-6-24-47-36(53)20-15-30-9-8-23-46-27-30)39(57)50-35(11-7-12-38(55)56)40(58)52-43(41(45)59)21-4-2-5-22-43/h8-9,13-20,23,25,27,34H,2-6,10,12,21-22,24,26H2,1H3,(H2,45,59)(H,47,53)(H,49,54)(H,52,58)(H,55,56)(H2,48,51,60)/b20-15+,50-35?/t34-/m0/s1. The lowest BCUT2D eigenvalue weighted by Crippen LogP contribution is -2.59. The molecule has 0 saturated heterocycles. The third kappa shape index (κ3) is 15.4. The van der Waals surface area contributed by atoms with E-state index >= 15 is 0 Å². The summed E-state index contributed by atoms with van der Waals surface area (Å²) in [5, 5.41) is 22.7. The summed E-state index contributed by atoms with van der Waals surface area (Å²) in [6.07, 6.45) is 8.81.